The lowest BCUT2D eigenvalue weighted by molar-refractivity contribution is 0.0464. The lowest BCUT2D eigenvalue weighted by Gasteiger charge is -2.09. The van der Waals surface area contributed by atoms with Crippen LogP contribution in [0, 0.1) is 58.2 Å². The summed E-state index contributed by atoms with van der Waals surface area (Å²) >= 11 is 0. The molecule has 0 saturated heterocycles. The molecule has 0 aliphatic rings. The Bertz CT molecular complexity index is 959. The molecule has 2 rings (SSSR count). The maximum absolute atomic E-state index is 13.5. The van der Waals surface area contributed by atoms with Gasteiger partial charge in [0.05, 0.1) is 13.2 Å². The van der Waals surface area contributed by atoms with Crippen molar-refractivity contribution in [1.29, 1.82) is 0 Å². The zero-order valence-corrected chi connectivity index (χ0v) is 15.9. The van der Waals surface area contributed by atoms with E-state index in [0.29, 0.717) is 0 Å². The average Bonchev–Trinajstić information content (AvgIpc) is 2.78. The van der Waals surface area contributed by atoms with Crippen LogP contribution in [0.25, 0.3) is 0 Å². The fourth-order valence-corrected chi connectivity index (χ4v) is 2.42. The summed E-state index contributed by atoms with van der Waals surface area (Å²) in [6, 6.07) is 0. The van der Waals surface area contributed by atoms with Crippen LogP contribution in [-0.4, -0.2) is 25.2 Å². The number of unbranched alkanes of at least 4 members (excludes halogenated alkanes) is 2. The van der Waals surface area contributed by atoms with Crippen molar-refractivity contribution in [3.63, 3.8) is 0 Å². The first-order valence-electron chi connectivity index (χ1n) is 8.78. The fourth-order valence-electron chi connectivity index (χ4n) is 2.42. The van der Waals surface area contributed by atoms with E-state index in [0.717, 1.165) is 0 Å². The Labute approximate surface area is 177 Å². The molecular formula is C19H10F10O4. The van der Waals surface area contributed by atoms with Gasteiger partial charge in [-0.05, 0) is 19.3 Å². The number of hydrogen-bond donors (Lipinski definition) is 0. The van der Waals surface area contributed by atoms with Crippen molar-refractivity contribution in [3.05, 3.63) is 69.3 Å². The second kappa shape index (κ2) is 10.5. The van der Waals surface area contributed by atoms with Gasteiger partial charge in [0.25, 0.3) is 0 Å². The first-order valence-corrected chi connectivity index (χ1v) is 8.78. The van der Waals surface area contributed by atoms with E-state index in [1.165, 1.54) is 0 Å². The highest BCUT2D eigenvalue weighted by molar-refractivity contribution is 5.90. The second-order valence-electron chi connectivity index (χ2n) is 6.22. The van der Waals surface area contributed by atoms with Crippen molar-refractivity contribution in [1.82, 2.24) is 0 Å². The average molecular weight is 492 g/mol. The van der Waals surface area contributed by atoms with Crippen molar-refractivity contribution < 1.29 is 63.0 Å². The lowest BCUT2D eigenvalue weighted by atomic mass is 10.1. The van der Waals surface area contributed by atoms with Crippen LogP contribution in [-0.2, 0) is 9.47 Å². The molecule has 4 nitrogen and oxygen atoms in total. The minimum Gasteiger partial charge on any atom is -0.462 e. The zero-order chi connectivity index (χ0) is 25.0. The van der Waals surface area contributed by atoms with Crippen molar-refractivity contribution >= 4 is 11.9 Å². The summed E-state index contributed by atoms with van der Waals surface area (Å²) in [6.45, 7) is -1.13. The van der Waals surface area contributed by atoms with Crippen LogP contribution in [0.5, 0.6) is 0 Å². The molecular weight excluding hydrogens is 482 g/mol. The fraction of sp³-hybridized carbons (Fsp3) is 0.263. The van der Waals surface area contributed by atoms with Gasteiger partial charge in [0, 0.05) is 0 Å². The molecule has 33 heavy (non-hydrogen) atoms. The van der Waals surface area contributed by atoms with E-state index in [2.05, 4.69) is 9.47 Å². The smallest absolute Gasteiger partial charge is 0.344 e. The largest absolute Gasteiger partial charge is 0.462 e. The van der Waals surface area contributed by atoms with E-state index in [1.54, 1.807) is 0 Å². The van der Waals surface area contributed by atoms with Gasteiger partial charge in [0.2, 0.25) is 11.6 Å². The number of hydrogen-bond acceptors (Lipinski definition) is 4. The van der Waals surface area contributed by atoms with Crippen LogP contribution in [0.2, 0.25) is 0 Å². The van der Waals surface area contributed by atoms with Crippen LogP contribution >= 0.6 is 0 Å². The van der Waals surface area contributed by atoms with Crippen LogP contribution in [0.3, 0.4) is 0 Å². The second-order valence-corrected chi connectivity index (χ2v) is 6.22. The third-order valence-electron chi connectivity index (χ3n) is 4.08. The van der Waals surface area contributed by atoms with Gasteiger partial charge in [0.15, 0.2) is 46.5 Å². The molecule has 180 valence electrons. The van der Waals surface area contributed by atoms with Crippen molar-refractivity contribution in [3.8, 4) is 0 Å². The first-order chi connectivity index (χ1) is 15.4. The van der Waals surface area contributed by atoms with Gasteiger partial charge in [-0.2, -0.15) is 0 Å². The summed E-state index contributed by atoms with van der Waals surface area (Å²) in [5.74, 6) is -27.4. The standard InChI is InChI=1S/C19H10F10O4/c20-8-6(9(21)13(25)16(28)12(8)24)18(30)32-4-2-1-3-5-33-19(31)7-10(22)14(26)17(29)15(27)11(7)23/h1-5H2. The maximum atomic E-state index is 13.5. The SMILES string of the molecule is O=C(OCCCCCOC(=O)c1c(F)c(F)c(F)c(F)c1F)c1c(F)c(F)c(F)c(F)c1F. The molecule has 0 amide bonds. The number of carbonyl (C=O) groups excluding carboxylic acids is 2. The van der Waals surface area contributed by atoms with E-state index in [1.807, 2.05) is 0 Å². The Hall–Kier alpha value is -3.32. The van der Waals surface area contributed by atoms with E-state index in [4.69, 9.17) is 0 Å². The van der Waals surface area contributed by atoms with Crippen LogP contribution in [0.15, 0.2) is 0 Å². The van der Waals surface area contributed by atoms with E-state index >= 15 is 0 Å². The highest BCUT2D eigenvalue weighted by Gasteiger charge is 2.31. The van der Waals surface area contributed by atoms with Crippen LogP contribution < -0.4 is 0 Å². The highest BCUT2D eigenvalue weighted by atomic mass is 19.2. The third-order valence-corrected chi connectivity index (χ3v) is 4.08. The van der Waals surface area contributed by atoms with Gasteiger partial charge in [-0.1, -0.05) is 0 Å². The minimum absolute atomic E-state index is 0.0365. The molecule has 0 N–H and O–H groups in total. The number of carbonyl (C=O) groups is 2. The van der Waals surface area contributed by atoms with Gasteiger partial charge in [0.1, 0.15) is 11.1 Å². The number of halogens is 10. The number of esters is 2. The Morgan fingerprint density at radius 1 is 0.424 bits per heavy atom. The molecule has 14 heteroatoms. The molecule has 0 aliphatic carbocycles. The number of rotatable bonds is 8. The van der Waals surface area contributed by atoms with Gasteiger partial charge in [-0.15, -0.1) is 0 Å². The molecule has 0 fully saturated rings. The minimum atomic E-state index is -2.46. The van der Waals surface area contributed by atoms with Crippen LogP contribution in [0.4, 0.5) is 43.9 Å². The Morgan fingerprint density at radius 2 is 0.667 bits per heavy atom. The predicted octanol–water partition coefficient (Wildman–Crippen LogP) is 5.26. The van der Waals surface area contributed by atoms with Crippen molar-refractivity contribution in [2.45, 2.75) is 19.3 Å². The molecule has 0 spiro atoms. The lowest BCUT2D eigenvalue weighted by Crippen LogP contribution is -2.16. The Kier molecular flexibility index (Phi) is 8.28. The molecule has 0 aromatic heterocycles. The molecule has 0 atom stereocenters. The molecule has 0 bridgehead atoms. The number of benzene rings is 2. The molecule has 2 aromatic rings. The topological polar surface area (TPSA) is 52.6 Å². The number of ether oxygens (including phenoxy) is 2. The summed E-state index contributed by atoms with van der Waals surface area (Å²) in [6.07, 6.45) is -0.128. The van der Waals surface area contributed by atoms with E-state index in [-0.39, 0.29) is 19.3 Å². The molecule has 0 aliphatic heterocycles. The molecule has 0 radical (unpaired) electrons. The van der Waals surface area contributed by atoms with Crippen molar-refractivity contribution in [2.24, 2.45) is 0 Å². The summed E-state index contributed by atoms with van der Waals surface area (Å²) < 4.78 is 141. The quantitative estimate of drug-likeness (QED) is 0.166. The predicted molar refractivity (Wildman–Crippen MR) is 86.9 cm³/mol. The Morgan fingerprint density at radius 3 is 0.939 bits per heavy atom. The highest BCUT2D eigenvalue weighted by Crippen LogP contribution is 2.25. The Balaban J connectivity index is 1.83. The van der Waals surface area contributed by atoms with E-state index in [9.17, 15) is 53.5 Å². The summed E-state index contributed by atoms with van der Waals surface area (Å²) in [7, 11) is 0. The summed E-state index contributed by atoms with van der Waals surface area (Å²) in [4.78, 5) is 23.2. The van der Waals surface area contributed by atoms with Gasteiger partial charge < -0.3 is 9.47 Å². The maximum Gasteiger partial charge on any atom is 0.344 e. The monoisotopic (exact) mass is 492 g/mol. The summed E-state index contributed by atoms with van der Waals surface area (Å²) in [5, 5.41) is 0. The third kappa shape index (κ3) is 5.20. The molecule has 0 saturated carbocycles. The molecule has 0 unspecified atom stereocenters. The first kappa shape index (κ1) is 25.9. The summed E-state index contributed by atoms with van der Waals surface area (Å²) in [5.41, 5.74) is -3.58. The van der Waals surface area contributed by atoms with Gasteiger partial charge in [-0.3, -0.25) is 0 Å². The van der Waals surface area contributed by atoms with Crippen molar-refractivity contribution in [2.75, 3.05) is 13.2 Å². The van der Waals surface area contributed by atoms with Crippen LogP contribution in [0.1, 0.15) is 40.0 Å². The normalized spacial score (nSPS) is 11.0. The molecule has 2 aromatic carbocycles. The molecule has 0 heterocycles. The van der Waals surface area contributed by atoms with Gasteiger partial charge in [-0.25, -0.2) is 53.5 Å². The van der Waals surface area contributed by atoms with Gasteiger partial charge >= 0.3 is 11.9 Å². The zero-order valence-electron chi connectivity index (χ0n) is 15.9. The van der Waals surface area contributed by atoms with E-state index < -0.39 is 94.5 Å².